The highest BCUT2D eigenvalue weighted by Crippen LogP contribution is 2.34. The molecule has 0 aromatic heterocycles. The lowest BCUT2D eigenvalue weighted by molar-refractivity contribution is -0.137. The summed E-state index contributed by atoms with van der Waals surface area (Å²) in [6.45, 7) is -0.467. The number of carbonyl (C=O) groups is 3. The highest BCUT2D eigenvalue weighted by atomic mass is 127. The van der Waals surface area contributed by atoms with Crippen LogP contribution in [0, 0.1) is 3.57 Å². The first kappa shape index (κ1) is 27.3. The molecular weight excluding hydrogens is 612 g/mol. The summed E-state index contributed by atoms with van der Waals surface area (Å²) < 4.78 is 13.6. The van der Waals surface area contributed by atoms with Crippen molar-refractivity contribution in [1.29, 1.82) is 0 Å². The molecule has 0 fully saturated rings. The molecule has 1 unspecified atom stereocenters. The number of halogens is 3. The Morgan fingerprint density at radius 2 is 1.97 bits per heavy atom. The van der Waals surface area contributed by atoms with Crippen molar-refractivity contribution in [3.05, 3.63) is 50.1 Å². The van der Waals surface area contributed by atoms with E-state index >= 15 is 0 Å². The van der Waals surface area contributed by atoms with Crippen LogP contribution in [0.4, 0.5) is 10.1 Å². The van der Waals surface area contributed by atoms with Gasteiger partial charge >= 0.3 is 5.97 Å². The fourth-order valence-electron chi connectivity index (χ4n) is 3.33. The fourth-order valence-corrected chi connectivity index (χ4v) is 4.38. The molecule has 1 aliphatic heterocycles. The lowest BCUT2D eigenvalue weighted by Crippen LogP contribution is -2.41. The number of aromatic hydroxyl groups is 2. The van der Waals surface area contributed by atoms with E-state index in [1.54, 1.807) is 0 Å². The third kappa shape index (κ3) is 7.58. The number of guanidine groups is 1. The number of nitrogens with zero attached hydrogens (tertiary/aromatic N) is 1. The number of carboxylic acid groups (broad SMARTS) is 1. The number of phenolic OH excluding ortho intramolecular Hbond substituents is 2. The molecule has 192 valence electrons. The topological polar surface area (TPSA) is 172 Å². The van der Waals surface area contributed by atoms with Gasteiger partial charge in [0.15, 0.2) is 5.96 Å². The molecule has 0 spiro atoms. The number of amides is 2. The van der Waals surface area contributed by atoms with Gasteiger partial charge in [0.05, 0.1) is 35.7 Å². The van der Waals surface area contributed by atoms with Crippen LogP contribution in [0.15, 0.2) is 35.3 Å². The highest BCUT2D eigenvalue weighted by Gasteiger charge is 2.23. The molecule has 11 nitrogen and oxygen atoms in total. The first-order valence-corrected chi connectivity index (χ1v) is 12.0. The number of carbonyl (C=O) groups excluding carboxylic acids is 2. The van der Waals surface area contributed by atoms with Crippen molar-refractivity contribution in [3.8, 4) is 11.5 Å². The number of hydrogen-bond donors (Lipinski definition) is 7. The minimum atomic E-state index is -1.22. The summed E-state index contributed by atoms with van der Waals surface area (Å²) in [5, 5.41) is 40.2. The molecule has 2 atom stereocenters. The third-order valence-electron chi connectivity index (χ3n) is 4.94. The Morgan fingerprint density at radius 1 is 1.22 bits per heavy atom. The molecule has 14 heteroatoms. The monoisotopic (exact) mass is 633 g/mol. The largest absolute Gasteiger partial charge is 0.508 e. The van der Waals surface area contributed by atoms with Gasteiger partial charge in [0.25, 0.3) is 5.91 Å². The summed E-state index contributed by atoms with van der Waals surface area (Å²) >= 11 is 7.84. The van der Waals surface area contributed by atoms with Gasteiger partial charge in [0.1, 0.15) is 17.7 Å². The van der Waals surface area contributed by atoms with Crippen LogP contribution in [0.25, 0.3) is 0 Å². The van der Waals surface area contributed by atoms with Gasteiger partial charge in [-0.3, -0.25) is 14.4 Å². The molecule has 0 aliphatic carbocycles. The standard InChI is InChI=1S/C22H22ClFIN5O6/c23-11-3-15(20(35)16(25)4-11)17(6-19(33)34)30-18(32)9-26-21(36)10-1-13(5-14(31)2-10)29-22-27-7-12(24)8-28-22/h1-5,12,17,31,35H,6-9H2,(H,26,36)(H,30,32)(H,33,34)(H2,27,28,29)/t17-/m1/s1. The van der Waals surface area contributed by atoms with Crippen molar-refractivity contribution >= 4 is 63.6 Å². The van der Waals surface area contributed by atoms with E-state index in [-0.39, 0.29) is 46.7 Å². The lowest BCUT2D eigenvalue weighted by Gasteiger charge is -2.20. The summed E-state index contributed by atoms with van der Waals surface area (Å²) in [6, 6.07) is 5.65. The quantitative estimate of drug-likeness (QED) is 0.217. The lowest BCUT2D eigenvalue weighted by atomic mass is 10.0. The summed E-state index contributed by atoms with van der Waals surface area (Å²) in [7, 11) is 0. The van der Waals surface area contributed by atoms with E-state index < -0.39 is 43.0 Å². The van der Waals surface area contributed by atoms with Gasteiger partial charge in [0.2, 0.25) is 5.91 Å². The smallest absolute Gasteiger partial charge is 0.305 e. The average Bonchev–Trinajstić information content (AvgIpc) is 2.80. The summed E-state index contributed by atoms with van der Waals surface area (Å²) in [5.41, 5.74) is 0.450. The van der Waals surface area contributed by atoms with Gasteiger partial charge in [-0.2, -0.15) is 0 Å². The second-order valence-corrected chi connectivity index (χ2v) is 9.39. The van der Waals surface area contributed by atoms with Gasteiger partial charge in [0, 0.05) is 27.9 Å². The number of alkyl halides is 1. The van der Waals surface area contributed by atoms with E-state index in [0.717, 1.165) is 0 Å². The summed E-state index contributed by atoms with van der Waals surface area (Å²) in [6.07, 6.45) is -1.64. The second-order valence-electron chi connectivity index (χ2n) is 7.79. The molecule has 3 rings (SSSR count). The average molecular weight is 634 g/mol. The van der Waals surface area contributed by atoms with Gasteiger partial charge in [-0.1, -0.05) is 11.6 Å². The molecule has 0 saturated carbocycles. The number of carboxylic acids is 1. The first-order valence-electron chi connectivity index (χ1n) is 10.5. The van der Waals surface area contributed by atoms with E-state index in [1.165, 1.54) is 30.3 Å². The normalized spacial score (nSPS) is 15.8. The van der Waals surface area contributed by atoms with Crippen LogP contribution in [-0.4, -0.2) is 64.9 Å². The van der Waals surface area contributed by atoms with E-state index in [0.29, 0.717) is 9.26 Å². The highest BCUT2D eigenvalue weighted by molar-refractivity contribution is 14.1. The maximum atomic E-state index is 13.2. The zero-order valence-electron chi connectivity index (χ0n) is 18.5. The molecule has 2 amide bonds. The van der Waals surface area contributed by atoms with Crippen LogP contribution >= 0.6 is 34.2 Å². The molecule has 0 radical (unpaired) electrons. The van der Waals surface area contributed by atoms with Crippen LogP contribution < -0.4 is 21.3 Å². The number of phenols is 2. The Kier molecular flexibility index (Phi) is 9.14. The Balaban J connectivity index is 1.66. The summed E-state index contributed by atoms with van der Waals surface area (Å²) in [5.74, 6) is -2.80. The Labute approximate surface area is 223 Å². The van der Waals surface area contributed by atoms with E-state index in [9.17, 15) is 34.1 Å². The van der Waals surface area contributed by atoms with Gasteiger partial charge in [-0.05, 0) is 46.9 Å². The zero-order valence-corrected chi connectivity index (χ0v) is 21.4. The number of aliphatic imine (C=N–C) groups is 1. The number of aliphatic carboxylic acids is 1. The zero-order chi connectivity index (χ0) is 26.4. The van der Waals surface area contributed by atoms with Crippen LogP contribution in [0.3, 0.4) is 0 Å². The maximum absolute atomic E-state index is 13.2. The molecule has 36 heavy (non-hydrogen) atoms. The number of anilines is 1. The van der Waals surface area contributed by atoms with Crippen molar-refractivity contribution in [1.82, 2.24) is 16.0 Å². The Bertz CT molecular complexity index is 1210. The first-order chi connectivity index (χ1) is 17.0. The minimum Gasteiger partial charge on any atom is -0.508 e. The molecule has 7 N–H and O–H groups in total. The van der Waals surface area contributed by atoms with Crippen LogP contribution in [-0.2, 0) is 9.59 Å². The predicted molar refractivity (Wildman–Crippen MR) is 138 cm³/mol. The van der Waals surface area contributed by atoms with E-state index in [2.05, 4.69) is 26.3 Å². The second kappa shape index (κ2) is 12.1. The molecule has 1 aliphatic rings. The molecule has 0 saturated heterocycles. The molecular formula is C22H22ClFIN5O6. The minimum absolute atomic E-state index is 0.0222. The molecule has 0 bridgehead atoms. The predicted octanol–water partition coefficient (Wildman–Crippen LogP) is 2.13. The Morgan fingerprint density at radius 3 is 2.64 bits per heavy atom. The fraction of sp³-hybridized carbons (Fsp3) is 0.273. The van der Waals surface area contributed by atoms with Crippen molar-refractivity contribution < 1.29 is 34.1 Å². The van der Waals surface area contributed by atoms with Crippen LogP contribution in [0.2, 0.25) is 5.02 Å². The SMILES string of the molecule is O=C(O)C[C@@H](NC(=O)CNC(=O)c1cc(O)cc(NC2=NCC(F)CN2)c1)c1cc(Cl)cc(I)c1O. The van der Waals surface area contributed by atoms with Crippen molar-refractivity contribution in [2.45, 2.75) is 18.6 Å². The number of rotatable bonds is 8. The number of hydrogen-bond acceptors (Lipinski definition) is 8. The van der Waals surface area contributed by atoms with Crippen molar-refractivity contribution in [2.24, 2.45) is 4.99 Å². The number of nitrogens with one attached hydrogen (secondary N) is 4. The molecule has 2 aromatic carbocycles. The van der Waals surface area contributed by atoms with Gasteiger partial charge in [-0.25, -0.2) is 9.38 Å². The van der Waals surface area contributed by atoms with E-state index in [1.807, 2.05) is 22.6 Å². The van der Waals surface area contributed by atoms with Gasteiger partial charge in [-0.15, -0.1) is 0 Å². The van der Waals surface area contributed by atoms with Crippen LogP contribution in [0.1, 0.15) is 28.4 Å². The van der Waals surface area contributed by atoms with E-state index in [4.69, 9.17) is 11.6 Å². The molecule has 2 aromatic rings. The number of benzene rings is 2. The van der Waals surface area contributed by atoms with Gasteiger partial charge < -0.3 is 36.6 Å². The van der Waals surface area contributed by atoms with Crippen LogP contribution in [0.5, 0.6) is 11.5 Å². The van der Waals surface area contributed by atoms with Crippen molar-refractivity contribution in [3.63, 3.8) is 0 Å². The maximum Gasteiger partial charge on any atom is 0.305 e. The Hall–Kier alpha value is -3.33. The van der Waals surface area contributed by atoms with Crippen molar-refractivity contribution in [2.75, 3.05) is 25.0 Å². The summed E-state index contributed by atoms with van der Waals surface area (Å²) in [4.78, 5) is 40.4. The molecule has 1 heterocycles. The third-order valence-corrected chi connectivity index (χ3v) is 5.98.